The summed E-state index contributed by atoms with van der Waals surface area (Å²) in [5.41, 5.74) is 13.8. The van der Waals surface area contributed by atoms with Crippen molar-refractivity contribution in [2.24, 2.45) is 21.5 Å². The number of benzene rings is 1. The largest absolute Gasteiger partial charge is 0.369 e. The summed E-state index contributed by atoms with van der Waals surface area (Å²) < 4.78 is 0. The minimum absolute atomic E-state index is 0. The molecule has 0 aliphatic carbocycles. The fourth-order valence-electron chi connectivity index (χ4n) is 2.23. The second-order valence-electron chi connectivity index (χ2n) is 5.38. The predicted molar refractivity (Wildman–Crippen MR) is 91.5 cm³/mol. The van der Waals surface area contributed by atoms with Crippen LogP contribution in [-0.2, 0) is 0 Å². The number of rotatable bonds is 2. The first-order chi connectivity index (χ1) is 9.56. The molecule has 0 bridgehead atoms. The van der Waals surface area contributed by atoms with Gasteiger partial charge < -0.3 is 16.4 Å². The lowest BCUT2D eigenvalue weighted by molar-refractivity contribution is 0.514. The predicted octanol–water partition coefficient (Wildman–Crippen LogP) is 2.59. The molecule has 0 atom stereocenters. The van der Waals surface area contributed by atoms with Gasteiger partial charge >= 0.3 is 0 Å². The molecule has 1 aromatic rings. The van der Waals surface area contributed by atoms with E-state index >= 15 is 0 Å². The number of guanidine groups is 2. The summed E-state index contributed by atoms with van der Waals surface area (Å²) in [6.45, 7) is 6.22. The van der Waals surface area contributed by atoms with E-state index in [-0.39, 0.29) is 18.4 Å². The fraction of sp³-hybridized carbons (Fsp3) is 0.467. The molecule has 21 heavy (non-hydrogen) atoms. The van der Waals surface area contributed by atoms with Crippen molar-refractivity contribution < 1.29 is 0 Å². The van der Waals surface area contributed by atoms with Crippen molar-refractivity contribution >= 4 is 30.0 Å². The van der Waals surface area contributed by atoms with E-state index in [2.05, 4.69) is 36.0 Å². The molecular weight excluding hydrogens is 286 g/mol. The van der Waals surface area contributed by atoms with Crippen LogP contribution in [0.4, 0.5) is 5.69 Å². The van der Waals surface area contributed by atoms with Crippen LogP contribution in [0.1, 0.15) is 38.2 Å². The van der Waals surface area contributed by atoms with E-state index in [4.69, 9.17) is 11.5 Å². The first-order valence-corrected chi connectivity index (χ1v) is 7.09. The van der Waals surface area contributed by atoms with Gasteiger partial charge in [0, 0.05) is 13.1 Å². The highest BCUT2D eigenvalue weighted by molar-refractivity contribution is 5.94. The minimum atomic E-state index is 0. The molecule has 0 saturated carbocycles. The molecule has 0 unspecified atom stereocenters. The van der Waals surface area contributed by atoms with Crippen LogP contribution < -0.4 is 11.5 Å². The van der Waals surface area contributed by atoms with Gasteiger partial charge in [-0.1, -0.05) is 26.0 Å². The number of likely N-dealkylation sites (tertiary alicyclic amines) is 1. The summed E-state index contributed by atoms with van der Waals surface area (Å²) in [7, 11) is 0. The van der Waals surface area contributed by atoms with E-state index in [1.54, 1.807) is 0 Å². The van der Waals surface area contributed by atoms with Crippen LogP contribution >= 0.6 is 12.4 Å². The van der Waals surface area contributed by atoms with Gasteiger partial charge in [0.15, 0.2) is 5.96 Å². The maximum atomic E-state index is 5.91. The number of nitrogens with two attached hydrogens (primary N) is 2. The molecule has 1 heterocycles. The third-order valence-electron chi connectivity index (χ3n) is 3.46. The van der Waals surface area contributed by atoms with E-state index < -0.39 is 0 Å². The number of hydrogen-bond donors (Lipinski definition) is 2. The Bertz CT molecular complexity index is 501. The molecule has 1 fully saturated rings. The van der Waals surface area contributed by atoms with Gasteiger partial charge in [0.25, 0.3) is 0 Å². The summed E-state index contributed by atoms with van der Waals surface area (Å²) in [5.74, 6) is 1.17. The summed E-state index contributed by atoms with van der Waals surface area (Å²) in [6.07, 6.45) is 2.31. The maximum Gasteiger partial charge on any atom is 0.223 e. The lowest BCUT2D eigenvalue weighted by atomic mass is 10.0. The lowest BCUT2D eigenvalue weighted by Gasteiger charge is -2.15. The van der Waals surface area contributed by atoms with Crippen molar-refractivity contribution in [1.29, 1.82) is 0 Å². The SMILES string of the molecule is CC(C)c1ccc(N=C(N)N=C(N)N2CCCC2)cc1.Cl. The molecule has 1 aromatic carbocycles. The molecule has 0 aromatic heterocycles. The highest BCUT2D eigenvalue weighted by Crippen LogP contribution is 2.19. The van der Waals surface area contributed by atoms with Gasteiger partial charge in [-0.15, -0.1) is 12.4 Å². The average molecular weight is 310 g/mol. The van der Waals surface area contributed by atoms with Gasteiger partial charge in [0.05, 0.1) is 5.69 Å². The minimum Gasteiger partial charge on any atom is -0.369 e. The third-order valence-corrected chi connectivity index (χ3v) is 3.46. The van der Waals surface area contributed by atoms with E-state index in [1.165, 1.54) is 5.56 Å². The Morgan fingerprint density at radius 3 is 2.19 bits per heavy atom. The van der Waals surface area contributed by atoms with Gasteiger partial charge in [-0.25, -0.2) is 4.99 Å². The van der Waals surface area contributed by atoms with Crippen LogP contribution in [0.15, 0.2) is 34.3 Å². The molecule has 4 N–H and O–H groups in total. The third kappa shape index (κ3) is 4.93. The number of halogens is 1. The Labute approximate surface area is 132 Å². The first-order valence-electron chi connectivity index (χ1n) is 7.09. The van der Waals surface area contributed by atoms with Crippen LogP contribution in [-0.4, -0.2) is 29.9 Å². The Balaban J connectivity index is 0.00000220. The molecule has 0 spiro atoms. The smallest absolute Gasteiger partial charge is 0.223 e. The monoisotopic (exact) mass is 309 g/mol. The number of aliphatic imine (C=N–C) groups is 2. The van der Waals surface area contributed by atoms with Crippen molar-refractivity contribution in [2.75, 3.05) is 13.1 Å². The zero-order valence-corrected chi connectivity index (χ0v) is 13.4. The molecule has 6 heteroatoms. The highest BCUT2D eigenvalue weighted by atomic mass is 35.5. The van der Waals surface area contributed by atoms with Crippen LogP contribution in [0.3, 0.4) is 0 Å². The lowest BCUT2D eigenvalue weighted by Crippen LogP contribution is -2.36. The molecule has 1 aliphatic rings. The van der Waals surface area contributed by atoms with Crippen LogP contribution in [0.2, 0.25) is 0 Å². The molecule has 5 nitrogen and oxygen atoms in total. The molecule has 116 valence electrons. The molecular formula is C15H24ClN5. The summed E-state index contributed by atoms with van der Waals surface area (Å²) in [4.78, 5) is 10.5. The van der Waals surface area contributed by atoms with Gasteiger partial charge in [-0.05, 0) is 36.5 Å². The first kappa shape index (κ1) is 17.3. The van der Waals surface area contributed by atoms with Crippen molar-refractivity contribution in [3.05, 3.63) is 29.8 Å². The topological polar surface area (TPSA) is 80.0 Å². The molecule has 0 radical (unpaired) electrons. The normalized spacial score (nSPS) is 16.2. The molecule has 0 amide bonds. The zero-order chi connectivity index (χ0) is 14.5. The van der Waals surface area contributed by atoms with Crippen molar-refractivity contribution in [2.45, 2.75) is 32.6 Å². The van der Waals surface area contributed by atoms with Crippen LogP contribution in [0, 0.1) is 0 Å². The zero-order valence-electron chi connectivity index (χ0n) is 12.6. The van der Waals surface area contributed by atoms with Gasteiger partial charge in [0.1, 0.15) is 0 Å². The summed E-state index contributed by atoms with van der Waals surface area (Å²) >= 11 is 0. The van der Waals surface area contributed by atoms with Crippen molar-refractivity contribution in [1.82, 2.24) is 4.90 Å². The number of hydrogen-bond acceptors (Lipinski definition) is 1. The second kappa shape index (κ2) is 7.88. The Kier molecular flexibility index (Phi) is 6.49. The second-order valence-corrected chi connectivity index (χ2v) is 5.38. The van der Waals surface area contributed by atoms with Crippen molar-refractivity contribution in [3.63, 3.8) is 0 Å². The van der Waals surface area contributed by atoms with E-state index in [0.29, 0.717) is 11.9 Å². The van der Waals surface area contributed by atoms with E-state index in [0.717, 1.165) is 31.6 Å². The Hall–Kier alpha value is -1.75. The van der Waals surface area contributed by atoms with Crippen LogP contribution in [0.25, 0.3) is 0 Å². The average Bonchev–Trinajstić information content (AvgIpc) is 2.93. The Morgan fingerprint density at radius 1 is 1.10 bits per heavy atom. The number of nitrogens with zero attached hydrogens (tertiary/aromatic N) is 3. The molecule has 1 saturated heterocycles. The van der Waals surface area contributed by atoms with E-state index in [1.807, 2.05) is 17.0 Å². The molecule has 2 rings (SSSR count). The van der Waals surface area contributed by atoms with Gasteiger partial charge in [0.2, 0.25) is 5.96 Å². The highest BCUT2D eigenvalue weighted by Gasteiger charge is 2.13. The summed E-state index contributed by atoms with van der Waals surface area (Å²) in [5, 5.41) is 0. The quantitative estimate of drug-likeness (QED) is 0.651. The van der Waals surface area contributed by atoms with Crippen molar-refractivity contribution in [3.8, 4) is 0 Å². The standard InChI is InChI=1S/C15H23N5.ClH/c1-11(2)12-5-7-13(8-6-12)18-14(16)19-15(17)20-9-3-4-10-20;/h5-8,11H,3-4,9-10H2,1-2H3,(H4,16,17,18,19);1H. The van der Waals surface area contributed by atoms with E-state index in [9.17, 15) is 0 Å². The molecule has 1 aliphatic heterocycles. The summed E-state index contributed by atoms with van der Waals surface area (Å²) in [6, 6.07) is 8.02. The fourth-order valence-corrected chi connectivity index (χ4v) is 2.23. The van der Waals surface area contributed by atoms with Gasteiger partial charge in [-0.3, -0.25) is 0 Å². The maximum absolute atomic E-state index is 5.91. The Morgan fingerprint density at radius 2 is 1.67 bits per heavy atom. The van der Waals surface area contributed by atoms with Gasteiger partial charge in [-0.2, -0.15) is 4.99 Å². The van der Waals surface area contributed by atoms with Crippen LogP contribution in [0.5, 0.6) is 0 Å².